The Morgan fingerprint density at radius 3 is 2.57 bits per heavy atom. The maximum atomic E-state index is 12.6. The van der Waals surface area contributed by atoms with Gasteiger partial charge in [-0.1, -0.05) is 52.9 Å². The van der Waals surface area contributed by atoms with Crippen molar-refractivity contribution in [2.45, 2.75) is 90.8 Å². The third kappa shape index (κ3) is 4.70. The van der Waals surface area contributed by atoms with Gasteiger partial charge in [0.25, 0.3) is 0 Å². The van der Waals surface area contributed by atoms with Crippen LogP contribution in [-0.2, 0) is 4.79 Å². The molecule has 2 unspecified atom stereocenters. The van der Waals surface area contributed by atoms with E-state index in [0.717, 1.165) is 31.7 Å². The highest BCUT2D eigenvalue weighted by Crippen LogP contribution is 2.29. The molecule has 1 heterocycles. The van der Waals surface area contributed by atoms with Gasteiger partial charge in [0.05, 0.1) is 12.2 Å². The molecule has 3 heteroatoms. The lowest BCUT2D eigenvalue weighted by Gasteiger charge is -2.24. The molecule has 0 radical (unpaired) electrons. The van der Waals surface area contributed by atoms with Gasteiger partial charge in [0.1, 0.15) is 0 Å². The van der Waals surface area contributed by atoms with Gasteiger partial charge in [-0.3, -0.25) is 10.1 Å². The highest BCUT2D eigenvalue weighted by Gasteiger charge is 2.37. The van der Waals surface area contributed by atoms with Crippen LogP contribution in [0.1, 0.15) is 78.6 Å². The Kier molecular flexibility index (Phi) is 6.53. The lowest BCUT2D eigenvalue weighted by Crippen LogP contribution is -2.38. The molecule has 0 bridgehead atoms. The molecule has 1 amide bonds. The number of hydrogen-bond donors (Lipinski definition) is 1. The second-order valence-corrected chi connectivity index (χ2v) is 7.48. The fourth-order valence-electron chi connectivity index (χ4n) is 4.02. The van der Waals surface area contributed by atoms with Gasteiger partial charge in [-0.15, -0.1) is 0 Å². The van der Waals surface area contributed by atoms with E-state index in [9.17, 15) is 4.79 Å². The number of amides is 1. The van der Waals surface area contributed by atoms with Gasteiger partial charge in [-0.05, 0) is 37.5 Å². The van der Waals surface area contributed by atoms with Crippen LogP contribution < -0.4 is 5.32 Å². The maximum absolute atomic E-state index is 12.6. The Morgan fingerprint density at radius 1 is 1.24 bits per heavy atom. The first kappa shape index (κ1) is 16.8. The van der Waals surface area contributed by atoms with Crippen molar-refractivity contribution < 1.29 is 4.79 Å². The lowest BCUT2D eigenvalue weighted by molar-refractivity contribution is -0.130. The zero-order valence-electron chi connectivity index (χ0n) is 14.2. The molecule has 21 heavy (non-hydrogen) atoms. The fraction of sp³-hybridized carbons (Fsp3) is 0.944. The van der Waals surface area contributed by atoms with Crippen molar-refractivity contribution in [3.8, 4) is 0 Å². The average molecular weight is 294 g/mol. The minimum absolute atomic E-state index is 0.0630. The summed E-state index contributed by atoms with van der Waals surface area (Å²) >= 11 is 0. The van der Waals surface area contributed by atoms with E-state index in [2.05, 4.69) is 31.0 Å². The molecule has 0 aromatic carbocycles. The summed E-state index contributed by atoms with van der Waals surface area (Å²) in [5.41, 5.74) is 0. The summed E-state index contributed by atoms with van der Waals surface area (Å²) in [6, 6.07) is 0.0630. The average Bonchev–Trinajstić information content (AvgIpc) is 3.02. The molecule has 1 saturated carbocycles. The predicted molar refractivity (Wildman–Crippen MR) is 88.0 cm³/mol. The molecule has 3 nitrogen and oxygen atoms in total. The molecule has 2 atom stereocenters. The van der Waals surface area contributed by atoms with Crippen LogP contribution in [0.2, 0.25) is 0 Å². The van der Waals surface area contributed by atoms with Crippen molar-refractivity contribution >= 4 is 5.91 Å². The summed E-state index contributed by atoms with van der Waals surface area (Å²) in [5.74, 6) is 1.87. The molecule has 0 spiro atoms. The summed E-state index contributed by atoms with van der Waals surface area (Å²) in [7, 11) is 0. The molecular weight excluding hydrogens is 260 g/mol. The zero-order valence-corrected chi connectivity index (χ0v) is 14.2. The second kappa shape index (κ2) is 8.17. The monoisotopic (exact) mass is 294 g/mol. The van der Waals surface area contributed by atoms with Gasteiger partial charge >= 0.3 is 0 Å². The Morgan fingerprint density at radius 2 is 1.95 bits per heavy atom. The second-order valence-electron chi connectivity index (χ2n) is 7.48. The summed E-state index contributed by atoms with van der Waals surface area (Å²) in [4.78, 5) is 14.8. The smallest absolute Gasteiger partial charge is 0.241 e. The molecule has 1 aliphatic heterocycles. The van der Waals surface area contributed by atoms with Crippen molar-refractivity contribution in [3.63, 3.8) is 0 Å². The highest BCUT2D eigenvalue weighted by molar-refractivity contribution is 5.84. The van der Waals surface area contributed by atoms with E-state index in [0.29, 0.717) is 11.8 Å². The van der Waals surface area contributed by atoms with Gasteiger partial charge in [-0.2, -0.15) is 0 Å². The molecule has 1 aliphatic carbocycles. The van der Waals surface area contributed by atoms with E-state index in [1.54, 1.807) is 0 Å². The van der Waals surface area contributed by atoms with Gasteiger partial charge in [-0.25, -0.2) is 0 Å². The number of carbonyl (C=O) groups excluding carboxylic acids is 1. The van der Waals surface area contributed by atoms with Crippen LogP contribution in [0.15, 0.2) is 0 Å². The van der Waals surface area contributed by atoms with Gasteiger partial charge < -0.3 is 4.90 Å². The number of nitrogens with zero attached hydrogens (tertiary/aromatic N) is 1. The van der Waals surface area contributed by atoms with Crippen molar-refractivity contribution in [2.24, 2.45) is 11.8 Å². The molecular formula is C18H34N2O. The molecule has 0 aromatic heterocycles. The zero-order chi connectivity index (χ0) is 15.2. The van der Waals surface area contributed by atoms with Crippen molar-refractivity contribution in [1.29, 1.82) is 0 Å². The van der Waals surface area contributed by atoms with E-state index < -0.39 is 0 Å². The minimum Gasteiger partial charge on any atom is -0.326 e. The Hall–Kier alpha value is -0.570. The largest absolute Gasteiger partial charge is 0.326 e. The van der Waals surface area contributed by atoms with Crippen molar-refractivity contribution in [2.75, 3.05) is 6.54 Å². The SMILES string of the molecule is CCCC1NC(CC(C)C)C(=O)N1CCCC1CCCC1. The van der Waals surface area contributed by atoms with E-state index in [-0.39, 0.29) is 12.2 Å². The lowest BCUT2D eigenvalue weighted by atomic mass is 10.0. The first-order valence-electron chi connectivity index (χ1n) is 9.18. The molecule has 0 aromatic rings. The molecule has 1 saturated heterocycles. The third-order valence-electron chi connectivity index (χ3n) is 5.11. The summed E-state index contributed by atoms with van der Waals surface area (Å²) in [6.45, 7) is 7.57. The minimum atomic E-state index is 0.0630. The summed E-state index contributed by atoms with van der Waals surface area (Å²) in [5, 5.41) is 3.58. The number of hydrogen-bond acceptors (Lipinski definition) is 2. The third-order valence-corrected chi connectivity index (χ3v) is 5.11. The van der Waals surface area contributed by atoms with E-state index in [4.69, 9.17) is 0 Å². The normalized spacial score (nSPS) is 27.2. The van der Waals surface area contributed by atoms with Crippen molar-refractivity contribution in [1.82, 2.24) is 10.2 Å². The quantitative estimate of drug-likeness (QED) is 0.735. The van der Waals surface area contributed by atoms with Crippen molar-refractivity contribution in [3.05, 3.63) is 0 Å². The van der Waals surface area contributed by atoms with E-state index >= 15 is 0 Å². The first-order chi connectivity index (χ1) is 10.1. The van der Waals surface area contributed by atoms with E-state index in [1.807, 2.05) is 0 Å². The molecule has 2 fully saturated rings. The van der Waals surface area contributed by atoms with Crippen LogP contribution in [-0.4, -0.2) is 29.6 Å². The van der Waals surface area contributed by atoms with Crippen LogP contribution in [0.4, 0.5) is 0 Å². The van der Waals surface area contributed by atoms with Crippen LogP contribution >= 0.6 is 0 Å². The molecule has 1 N–H and O–H groups in total. The standard InChI is InChI=1S/C18H34N2O/c1-4-8-17-19-16(13-14(2)3)18(21)20(17)12-7-11-15-9-5-6-10-15/h14-17,19H,4-13H2,1-3H3. The van der Waals surface area contributed by atoms with E-state index in [1.165, 1.54) is 38.5 Å². The van der Waals surface area contributed by atoms with Crippen LogP contribution in [0, 0.1) is 11.8 Å². The number of nitrogens with one attached hydrogen (secondary N) is 1. The van der Waals surface area contributed by atoms with Gasteiger partial charge in [0, 0.05) is 6.54 Å². The van der Waals surface area contributed by atoms with Crippen LogP contribution in [0.25, 0.3) is 0 Å². The molecule has 2 aliphatic rings. The van der Waals surface area contributed by atoms with Crippen LogP contribution in [0.5, 0.6) is 0 Å². The maximum Gasteiger partial charge on any atom is 0.241 e. The topological polar surface area (TPSA) is 32.3 Å². The van der Waals surface area contributed by atoms with Gasteiger partial charge in [0.15, 0.2) is 0 Å². The highest BCUT2D eigenvalue weighted by atomic mass is 16.2. The van der Waals surface area contributed by atoms with Gasteiger partial charge in [0.2, 0.25) is 5.91 Å². The number of rotatable bonds is 8. The summed E-state index contributed by atoms with van der Waals surface area (Å²) in [6.07, 6.45) is 11.7. The molecule has 122 valence electrons. The predicted octanol–water partition coefficient (Wildman–Crippen LogP) is 3.93. The Balaban J connectivity index is 1.83. The molecule has 2 rings (SSSR count). The number of carbonyl (C=O) groups is 1. The Bertz CT molecular complexity index is 323. The first-order valence-corrected chi connectivity index (χ1v) is 9.18. The fourth-order valence-corrected chi connectivity index (χ4v) is 4.02. The van der Waals surface area contributed by atoms with Crippen LogP contribution in [0.3, 0.4) is 0 Å². The Labute approximate surface area is 130 Å². The summed E-state index contributed by atoms with van der Waals surface area (Å²) < 4.78 is 0.